The van der Waals surface area contributed by atoms with Crippen molar-refractivity contribution in [3.05, 3.63) is 34.0 Å². The summed E-state index contributed by atoms with van der Waals surface area (Å²) in [6, 6.07) is 2.44. The monoisotopic (exact) mass is 261 g/mol. The molecule has 2 nitrogen and oxygen atoms in total. The van der Waals surface area contributed by atoms with Crippen LogP contribution in [-0.4, -0.2) is 17.4 Å². The van der Waals surface area contributed by atoms with Gasteiger partial charge in [0.05, 0.1) is 6.04 Å². The highest BCUT2D eigenvalue weighted by Gasteiger charge is 2.29. The molecule has 0 saturated heterocycles. The Labute approximate surface area is 112 Å². The maximum absolute atomic E-state index is 12.4. The highest BCUT2D eigenvalue weighted by Crippen LogP contribution is 2.34. The van der Waals surface area contributed by atoms with Crippen LogP contribution in [0.3, 0.4) is 0 Å². The molecule has 1 aliphatic carbocycles. The van der Waals surface area contributed by atoms with Gasteiger partial charge in [-0.3, -0.25) is 4.79 Å². The molecule has 1 aliphatic heterocycles. The zero-order chi connectivity index (χ0) is 12.5. The highest BCUT2D eigenvalue weighted by molar-refractivity contribution is 7.10. The van der Waals surface area contributed by atoms with E-state index in [1.54, 1.807) is 0 Å². The number of fused-ring (bicyclic) bond motifs is 1. The maximum Gasteiger partial charge on any atom is 0.223 e. The van der Waals surface area contributed by atoms with Crippen LogP contribution in [0.2, 0.25) is 0 Å². The minimum atomic E-state index is 0.262. The average Bonchev–Trinajstić information content (AvgIpc) is 2.99. The van der Waals surface area contributed by atoms with E-state index in [4.69, 9.17) is 0 Å². The van der Waals surface area contributed by atoms with E-state index in [-0.39, 0.29) is 6.04 Å². The van der Waals surface area contributed by atoms with E-state index >= 15 is 0 Å². The number of nitrogens with zero attached hydrogens (tertiary/aromatic N) is 1. The topological polar surface area (TPSA) is 20.3 Å². The van der Waals surface area contributed by atoms with Crippen LogP contribution >= 0.6 is 11.3 Å². The van der Waals surface area contributed by atoms with Gasteiger partial charge < -0.3 is 4.90 Å². The van der Waals surface area contributed by atoms with Crippen molar-refractivity contribution in [2.24, 2.45) is 5.92 Å². The van der Waals surface area contributed by atoms with Crippen molar-refractivity contribution in [3.8, 4) is 0 Å². The molecular formula is C15H19NOS. The summed E-state index contributed by atoms with van der Waals surface area (Å²) >= 11 is 1.83. The van der Waals surface area contributed by atoms with Crippen molar-refractivity contribution < 1.29 is 4.79 Å². The predicted octanol–water partition coefficient (Wildman–Crippen LogP) is 3.55. The molecule has 3 heteroatoms. The molecule has 0 radical (unpaired) electrons. The Bertz CT molecular complexity index is 477. The third-order valence-corrected chi connectivity index (χ3v) is 5.14. The lowest BCUT2D eigenvalue weighted by Gasteiger charge is -2.34. The maximum atomic E-state index is 12.4. The fraction of sp³-hybridized carbons (Fsp3) is 0.533. The fourth-order valence-electron chi connectivity index (χ4n) is 3.06. The molecule has 1 aromatic heterocycles. The third-order valence-electron chi connectivity index (χ3n) is 4.15. The Morgan fingerprint density at radius 3 is 3.22 bits per heavy atom. The Kier molecular flexibility index (Phi) is 3.25. The predicted molar refractivity (Wildman–Crippen MR) is 74.6 cm³/mol. The van der Waals surface area contributed by atoms with E-state index in [9.17, 15) is 4.79 Å². The number of amides is 1. The smallest absolute Gasteiger partial charge is 0.223 e. The molecule has 1 amide bonds. The van der Waals surface area contributed by atoms with Crippen LogP contribution in [0.4, 0.5) is 0 Å². The lowest BCUT2D eigenvalue weighted by Crippen LogP contribution is -2.38. The zero-order valence-corrected chi connectivity index (χ0v) is 11.6. The summed E-state index contributed by atoms with van der Waals surface area (Å²) in [4.78, 5) is 15.9. The quantitative estimate of drug-likeness (QED) is 0.746. The van der Waals surface area contributed by atoms with Gasteiger partial charge >= 0.3 is 0 Å². The van der Waals surface area contributed by atoms with E-state index < -0.39 is 0 Å². The number of thiophene rings is 1. The van der Waals surface area contributed by atoms with Gasteiger partial charge in [0.15, 0.2) is 0 Å². The van der Waals surface area contributed by atoms with Crippen LogP contribution < -0.4 is 0 Å². The van der Waals surface area contributed by atoms with Crippen molar-refractivity contribution in [1.29, 1.82) is 0 Å². The van der Waals surface area contributed by atoms with Crippen molar-refractivity contribution in [3.63, 3.8) is 0 Å². The fourth-order valence-corrected chi connectivity index (χ4v) is 4.02. The summed E-state index contributed by atoms with van der Waals surface area (Å²) in [5.41, 5.74) is 1.36. The van der Waals surface area contributed by atoms with Crippen LogP contribution in [0.1, 0.15) is 42.7 Å². The zero-order valence-electron chi connectivity index (χ0n) is 10.8. The third kappa shape index (κ3) is 2.12. The van der Waals surface area contributed by atoms with E-state index in [1.165, 1.54) is 10.4 Å². The molecule has 18 heavy (non-hydrogen) atoms. The Morgan fingerprint density at radius 2 is 2.44 bits per heavy atom. The van der Waals surface area contributed by atoms with Crippen molar-refractivity contribution in [2.45, 2.75) is 38.6 Å². The van der Waals surface area contributed by atoms with Crippen molar-refractivity contribution >= 4 is 17.2 Å². The number of hydrogen-bond donors (Lipinski definition) is 0. The van der Waals surface area contributed by atoms with Gasteiger partial charge in [-0.15, -0.1) is 11.3 Å². The molecule has 0 fully saturated rings. The summed E-state index contributed by atoms with van der Waals surface area (Å²) < 4.78 is 0. The molecule has 0 N–H and O–H groups in total. The SMILES string of the molecule is CC1c2ccsc2CCN1C(=O)CC1C=CCC1. The molecule has 0 aromatic carbocycles. The van der Waals surface area contributed by atoms with Crippen LogP contribution in [0.5, 0.6) is 0 Å². The second-order valence-electron chi connectivity index (χ2n) is 5.28. The first-order valence-corrected chi connectivity index (χ1v) is 7.66. The van der Waals surface area contributed by atoms with Gasteiger partial charge in [-0.2, -0.15) is 0 Å². The Hall–Kier alpha value is -1.09. The average molecular weight is 261 g/mol. The number of hydrogen-bond acceptors (Lipinski definition) is 2. The van der Waals surface area contributed by atoms with E-state index in [1.807, 2.05) is 11.3 Å². The summed E-state index contributed by atoms with van der Waals surface area (Å²) in [5, 5.41) is 2.15. The van der Waals surface area contributed by atoms with Crippen molar-refractivity contribution in [1.82, 2.24) is 4.90 Å². The largest absolute Gasteiger partial charge is 0.336 e. The van der Waals surface area contributed by atoms with Gasteiger partial charge in [0.25, 0.3) is 0 Å². The molecule has 2 aliphatic rings. The number of carbonyl (C=O) groups excluding carboxylic acids is 1. The first kappa shape index (κ1) is 12.0. The molecule has 0 bridgehead atoms. The molecule has 2 atom stereocenters. The summed E-state index contributed by atoms with van der Waals surface area (Å²) in [5.74, 6) is 0.810. The molecule has 96 valence electrons. The second kappa shape index (κ2) is 4.88. The van der Waals surface area contributed by atoms with Gasteiger partial charge in [-0.05, 0) is 49.1 Å². The van der Waals surface area contributed by atoms with E-state index in [0.717, 1.165) is 25.8 Å². The van der Waals surface area contributed by atoms with Gasteiger partial charge in [-0.25, -0.2) is 0 Å². The van der Waals surface area contributed by atoms with Crippen LogP contribution in [-0.2, 0) is 11.2 Å². The van der Waals surface area contributed by atoms with Crippen LogP contribution in [0, 0.1) is 5.92 Å². The summed E-state index contributed by atoms with van der Waals surface area (Å²) in [7, 11) is 0. The number of rotatable bonds is 2. The minimum Gasteiger partial charge on any atom is -0.336 e. The van der Waals surface area contributed by atoms with Crippen LogP contribution in [0.25, 0.3) is 0 Å². The highest BCUT2D eigenvalue weighted by atomic mass is 32.1. The van der Waals surface area contributed by atoms with Gasteiger partial charge in [-0.1, -0.05) is 12.2 Å². The minimum absolute atomic E-state index is 0.262. The Balaban J connectivity index is 1.69. The molecule has 3 rings (SSSR count). The van der Waals surface area contributed by atoms with Crippen molar-refractivity contribution in [2.75, 3.05) is 6.54 Å². The van der Waals surface area contributed by atoms with Gasteiger partial charge in [0.1, 0.15) is 0 Å². The number of allylic oxidation sites excluding steroid dienone is 2. The first-order valence-electron chi connectivity index (χ1n) is 6.78. The Morgan fingerprint density at radius 1 is 1.56 bits per heavy atom. The van der Waals surface area contributed by atoms with E-state index in [2.05, 4.69) is 35.4 Å². The normalized spacial score (nSPS) is 26.4. The molecule has 0 saturated carbocycles. The molecular weight excluding hydrogens is 242 g/mol. The number of carbonyl (C=O) groups is 1. The molecule has 0 spiro atoms. The summed E-state index contributed by atoms with van der Waals surface area (Å²) in [6.45, 7) is 3.05. The first-order chi connectivity index (χ1) is 8.75. The second-order valence-corrected chi connectivity index (χ2v) is 6.28. The van der Waals surface area contributed by atoms with Gasteiger partial charge in [0.2, 0.25) is 5.91 Å². The van der Waals surface area contributed by atoms with E-state index in [0.29, 0.717) is 18.2 Å². The molecule has 2 unspecified atom stereocenters. The lowest BCUT2D eigenvalue weighted by molar-refractivity contribution is -0.134. The molecule has 2 heterocycles. The van der Waals surface area contributed by atoms with Crippen LogP contribution in [0.15, 0.2) is 23.6 Å². The standard InChI is InChI=1S/C15H19NOS/c1-11-13-7-9-18-14(13)6-8-16(11)15(17)10-12-4-2-3-5-12/h2,4,7,9,11-12H,3,5-6,8,10H2,1H3. The summed E-state index contributed by atoms with van der Waals surface area (Å²) in [6.07, 6.45) is 8.43. The lowest BCUT2D eigenvalue weighted by atomic mass is 9.98. The molecule has 1 aromatic rings. The van der Waals surface area contributed by atoms with Gasteiger partial charge in [0, 0.05) is 17.8 Å².